The SMILES string of the molecule is CCNCC1CCCCN(C)C1c1cccc(Cl)c1Cl. The third kappa shape index (κ3) is 3.67. The maximum atomic E-state index is 6.47. The summed E-state index contributed by atoms with van der Waals surface area (Å²) in [4.78, 5) is 2.44. The van der Waals surface area contributed by atoms with Gasteiger partial charge in [0.05, 0.1) is 10.0 Å². The Morgan fingerprint density at radius 3 is 2.85 bits per heavy atom. The zero-order valence-corrected chi connectivity index (χ0v) is 13.8. The first-order valence-corrected chi connectivity index (χ1v) is 8.25. The van der Waals surface area contributed by atoms with E-state index in [4.69, 9.17) is 23.2 Å². The number of hydrogen-bond donors (Lipinski definition) is 1. The molecule has 0 aromatic heterocycles. The van der Waals surface area contributed by atoms with Gasteiger partial charge in [-0.15, -0.1) is 0 Å². The van der Waals surface area contributed by atoms with Gasteiger partial charge < -0.3 is 5.32 Å². The minimum atomic E-state index is 0.350. The molecule has 2 unspecified atom stereocenters. The van der Waals surface area contributed by atoms with Crippen molar-refractivity contribution in [1.29, 1.82) is 0 Å². The first-order chi connectivity index (χ1) is 9.65. The molecule has 0 radical (unpaired) electrons. The smallest absolute Gasteiger partial charge is 0.0640 e. The van der Waals surface area contributed by atoms with Gasteiger partial charge in [0.1, 0.15) is 0 Å². The van der Waals surface area contributed by atoms with Gasteiger partial charge in [-0.1, -0.05) is 48.7 Å². The third-order valence-electron chi connectivity index (χ3n) is 4.21. The zero-order chi connectivity index (χ0) is 14.5. The van der Waals surface area contributed by atoms with Crippen molar-refractivity contribution in [3.63, 3.8) is 0 Å². The summed E-state index contributed by atoms with van der Waals surface area (Å²) in [5.41, 5.74) is 1.17. The fourth-order valence-electron chi connectivity index (χ4n) is 3.21. The highest BCUT2D eigenvalue weighted by molar-refractivity contribution is 6.42. The van der Waals surface area contributed by atoms with Crippen molar-refractivity contribution in [1.82, 2.24) is 10.2 Å². The summed E-state index contributed by atoms with van der Waals surface area (Å²) in [7, 11) is 2.20. The molecule has 112 valence electrons. The molecule has 1 aliphatic heterocycles. The van der Waals surface area contributed by atoms with Crippen LogP contribution in [0.5, 0.6) is 0 Å². The molecule has 2 rings (SSSR count). The van der Waals surface area contributed by atoms with Crippen LogP contribution < -0.4 is 5.32 Å². The molecule has 1 aromatic rings. The summed E-state index contributed by atoms with van der Waals surface area (Å²) < 4.78 is 0. The van der Waals surface area contributed by atoms with Gasteiger partial charge in [0.25, 0.3) is 0 Å². The van der Waals surface area contributed by atoms with Crippen molar-refractivity contribution in [2.24, 2.45) is 5.92 Å². The Morgan fingerprint density at radius 1 is 1.30 bits per heavy atom. The third-order valence-corrected chi connectivity index (χ3v) is 5.05. The van der Waals surface area contributed by atoms with E-state index in [1.165, 1.54) is 24.8 Å². The maximum absolute atomic E-state index is 6.47. The molecule has 0 saturated carbocycles. The summed E-state index contributed by atoms with van der Waals surface area (Å²) >= 11 is 12.7. The molecule has 4 heteroatoms. The Kier molecular flexibility index (Phi) is 6.16. The molecule has 0 bridgehead atoms. The summed E-state index contributed by atoms with van der Waals surface area (Å²) in [6.45, 7) is 5.32. The van der Waals surface area contributed by atoms with E-state index in [1.54, 1.807) is 0 Å². The molecule has 0 aliphatic carbocycles. The minimum Gasteiger partial charge on any atom is -0.317 e. The molecule has 0 spiro atoms. The molecule has 1 fully saturated rings. The van der Waals surface area contributed by atoms with E-state index >= 15 is 0 Å². The van der Waals surface area contributed by atoms with E-state index in [-0.39, 0.29) is 0 Å². The Labute approximate surface area is 132 Å². The highest BCUT2D eigenvalue weighted by Gasteiger charge is 2.30. The van der Waals surface area contributed by atoms with Crippen LogP contribution in [0.25, 0.3) is 0 Å². The second-order valence-electron chi connectivity index (χ2n) is 5.63. The van der Waals surface area contributed by atoms with Crippen LogP contribution in [-0.4, -0.2) is 31.6 Å². The lowest BCUT2D eigenvalue weighted by Crippen LogP contribution is -2.35. The Hall–Kier alpha value is -0.280. The Balaban J connectivity index is 2.32. The fraction of sp³-hybridized carbons (Fsp3) is 0.625. The van der Waals surface area contributed by atoms with E-state index < -0.39 is 0 Å². The second-order valence-corrected chi connectivity index (χ2v) is 6.42. The van der Waals surface area contributed by atoms with Crippen LogP contribution in [0.1, 0.15) is 37.8 Å². The van der Waals surface area contributed by atoms with Crippen molar-refractivity contribution >= 4 is 23.2 Å². The number of nitrogens with zero attached hydrogens (tertiary/aromatic N) is 1. The van der Waals surface area contributed by atoms with Crippen LogP contribution in [0.3, 0.4) is 0 Å². The van der Waals surface area contributed by atoms with Crippen LogP contribution in [0, 0.1) is 5.92 Å². The monoisotopic (exact) mass is 314 g/mol. The van der Waals surface area contributed by atoms with Gasteiger partial charge in [-0.2, -0.15) is 0 Å². The summed E-state index contributed by atoms with van der Waals surface area (Å²) in [6, 6.07) is 6.35. The maximum Gasteiger partial charge on any atom is 0.0640 e. The molecule has 1 aromatic carbocycles. The lowest BCUT2D eigenvalue weighted by Gasteiger charge is -2.33. The Bertz CT molecular complexity index is 436. The van der Waals surface area contributed by atoms with Gasteiger partial charge in [-0.05, 0) is 57.1 Å². The van der Waals surface area contributed by atoms with Gasteiger partial charge in [0.15, 0.2) is 0 Å². The van der Waals surface area contributed by atoms with Gasteiger partial charge in [-0.25, -0.2) is 0 Å². The standard InChI is InChI=1S/C16H24Cl2N2/c1-3-19-11-12-7-4-5-10-20(2)16(12)13-8-6-9-14(17)15(13)18/h6,8-9,12,16,19H,3-5,7,10-11H2,1-2H3. The van der Waals surface area contributed by atoms with Crippen molar-refractivity contribution in [2.75, 3.05) is 26.7 Å². The number of rotatable bonds is 4. The number of likely N-dealkylation sites (tertiary alicyclic amines) is 1. The first-order valence-electron chi connectivity index (χ1n) is 7.50. The number of halogens is 2. The van der Waals surface area contributed by atoms with E-state index in [0.29, 0.717) is 17.0 Å². The van der Waals surface area contributed by atoms with Gasteiger partial charge in [-0.3, -0.25) is 4.90 Å². The van der Waals surface area contributed by atoms with Crippen LogP contribution >= 0.6 is 23.2 Å². The topological polar surface area (TPSA) is 15.3 Å². The van der Waals surface area contributed by atoms with Gasteiger partial charge >= 0.3 is 0 Å². The number of hydrogen-bond acceptors (Lipinski definition) is 2. The van der Waals surface area contributed by atoms with Crippen LogP contribution in [0.2, 0.25) is 10.0 Å². The molecule has 20 heavy (non-hydrogen) atoms. The summed E-state index contributed by atoms with van der Waals surface area (Å²) in [5, 5.41) is 4.87. The Morgan fingerprint density at radius 2 is 2.10 bits per heavy atom. The molecule has 2 nitrogen and oxygen atoms in total. The normalized spacial score (nSPS) is 24.6. The van der Waals surface area contributed by atoms with Gasteiger partial charge in [0.2, 0.25) is 0 Å². The molecular formula is C16H24Cl2N2. The minimum absolute atomic E-state index is 0.350. The van der Waals surface area contributed by atoms with Crippen LogP contribution in [0.15, 0.2) is 18.2 Å². The lowest BCUT2D eigenvalue weighted by molar-refractivity contribution is 0.189. The first kappa shape index (κ1) is 16.1. The van der Waals surface area contributed by atoms with Crippen LogP contribution in [0.4, 0.5) is 0 Å². The largest absolute Gasteiger partial charge is 0.317 e. The predicted molar refractivity (Wildman–Crippen MR) is 87.7 cm³/mol. The van der Waals surface area contributed by atoms with E-state index in [0.717, 1.165) is 24.7 Å². The predicted octanol–water partition coefficient (Wildman–Crippen LogP) is 4.38. The highest BCUT2D eigenvalue weighted by atomic mass is 35.5. The van der Waals surface area contributed by atoms with E-state index in [9.17, 15) is 0 Å². The number of nitrogens with one attached hydrogen (secondary N) is 1. The molecule has 1 heterocycles. The zero-order valence-electron chi connectivity index (χ0n) is 12.3. The van der Waals surface area contributed by atoms with Crippen molar-refractivity contribution < 1.29 is 0 Å². The molecule has 1 N–H and O–H groups in total. The van der Waals surface area contributed by atoms with E-state index in [1.807, 2.05) is 12.1 Å². The van der Waals surface area contributed by atoms with Crippen molar-refractivity contribution in [3.8, 4) is 0 Å². The number of benzene rings is 1. The summed E-state index contributed by atoms with van der Waals surface area (Å²) in [6.07, 6.45) is 3.79. The van der Waals surface area contributed by atoms with Crippen molar-refractivity contribution in [3.05, 3.63) is 33.8 Å². The lowest BCUT2D eigenvalue weighted by atomic mass is 9.89. The van der Waals surface area contributed by atoms with E-state index in [2.05, 4.69) is 30.3 Å². The average molecular weight is 315 g/mol. The fourth-order valence-corrected chi connectivity index (χ4v) is 3.63. The van der Waals surface area contributed by atoms with Crippen molar-refractivity contribution in [2.45, 2.75) is 32.2 Å². The molecule has 2 atom stereocenters. The molecular weight excluding hydrogens is 291 g/mol. The summed E-state index contributed by atoms with van der Waals surface area (Å²) in [5.74, 6) is 0.582. The van der Waals surface area contributed by atoms with Gasteiger partial charge in [0, 0.05) is 6.04 Å². The quantitative estimate of drug-likeness (QED) is 0.887. The second kappa shape index (κ2) is 7.65. The molecule has 1 aliphatic rings. The highest BCUT2D eigenvalue weighted by Crippen LogP contribution is 2.39. The average Bonchev–Trinajstić information content (AvgIpc) is 2.62. The molecule has 1 saturated heterocycles. The van der Waals surface area contributed by atoms with Crippen LogP contribution in [-0.2, 0) is 0 Å². The molecule has 0 amide bonds.